The van der Waals surface area contributed by atoms with E-state index >= 15 is 0 Å². The molecule has 172 valence electrons. The summed E-state index contributed by atoms with van der Waals surface area (Å²) < 4.78 is 0. The molecule has 2 rings (SSSR count). The van der Waals surface area contributed by atoms with E-state index in [9.17, 15) is 14.4 Å². The molecule has 0 bridgehead atoms. The summed E-state index contributed by atoms with van der Waals surface area (Å²) in [5.41, 5.74) is 0. The Kier molecular flexibility index (Phi) is 11.1. The standard InChI is InChI=1S/C21H39N5O4/c1-2-24-12-14-25(15-13-24)16-18-6-5-11-26(18)17-20(28)23-9-3-7-19(27)22-10-4-8-21(29)30/h18H,2-17H2,1H3,(H,22,27)(H,23,28)(H,29,30)/i5+1,6+1,7+1,8+1,11+1,16+1,18+1,19+1,21+1,25+1,26+1. The Balaban J connectivity index is 1.55. The molecular weight excluding hydrogens is 397 g/mol. The van der Waals surface area contributed by atoms with Gasteiger partial charge in [0.1, 0.15) is 0 Å². The van der Waals surface area contributed by atoms with E-state index in [-0.39, 0.29) is 18.2 Å². The van der Waals surface area contributed by atoms with Gasteiger partial charge in [0.25, 0.3) is 0 Å². The molecule has 9 nitrogen and oxygen atoms in total. The first-order chi connectivity index (χ1) is 14.5. The minimum atomic E-state index is -0.855. The van der Waals surface area contributed by atoms with Crippen LogP contribution in [0, 0.1) is 0 Å². The van der Waals surface area contributed by atoms with Gasteiger partial charge in [-0.2, -0.15) is 0 Å². The number of nitrogens with one attached hydrogen (secondary N) is 2. The number of rotatable bonds is 13. The smallest absolute Gasteiger partial charge is 0.303 e. The van der Waals surface area contributed by atoms with Crippen molar-refractivity contribution >= 4 is 17.8 Å². The number of carboxylic acids is 1. The van der Waals surface area contributed by atoms with Gasteiger partial charge >= 0.3 is 5.97 Å². The van der Waals surface area contributed by atoms with Crippen LogP contribution in [0.5, 0.6) is 0 Å². The third-order valence-electron chi connectivity index (χ3n) is 6.02. The van der Waals surface area contributed by atoms with E-state index in [0.717, 1.165) is 58.7 Å². The Morgan fingerprint density at radius 1 is 0.900 bits per heavy atom. The zero-order valence-electron chi connectivity index (χ0n) is 18.4. The maximum absolute atomic E-state index is 12.3. The Morgan fingerprint density at radius 3 is 2.20 bits per heavy atom. The lowest BCUT2D eigenvalue weighted by molar-refractivity contribution is -0.137. The van der Waals surface area contributed by atoms with Crippen LogP contribution < -0.4 is 10.6 Å². The van der Waals surface area contributed by atoms with Crippen LogP contribution >= 0.6 is 0 Å². The van der Waals surface area contributed by atoms with Gasteiger partial charge in [-0.15, -0.1) is 0 Å². The van der Waals surface area contributed by atoms with E-state index in [4.69, 9.17) is 5.11 Å². The SMILES string of the molecule is CCN1CC[15N]([13CH2][13CH]2[13CH2][13CH2][13CH2][15N]2CC(=O)NCC[13CH2][13C](=O)NCC[13CH2][13C](=O)O)CC1. The zero-order valence-corrected chi connectivity index (χ0v) is 18.4. The van der Waals surface area contributed by atoms with Gasteiger partial charge < -0.3 is 20.6 Å². The van der Waals surface area contributed by atoms with Crippen molar-refractivity contribution in [1.29, 1.82) is 0 Å². The number of hydrogen-bond donors (Lipinski definition) is 3. The largest absolute Gasteiger partial charge is 0.481 e. The minimum Gasteiger partial charge on any atom is -0.481 e. The first-order valence-electron chi connectivity index (χ1n) is 11.4. The van der Waals surface area contributed by atoms with Crippen molar-refractivity contribution in [1.82, 2.24) is 25.3 Å². The average molecular weight is 436 g/mol. The van der Waals surface area contributed by atoms with Crippen LogP contribution in [0.25, 0.3) is 0 Å². The molecule has 2 aliphatic heterocycles. The summed E-state index contributed by atoms with van der Waals surface area (Å²) in [6, 6.07) is 0.459. The normalized spacial score (nSPS) is 20.9. The molecule has 0 radical (unpaired) electrons. The number of nitrogens with zero attached hydrogens (tertiary/aromatic N) is 3. The average Bonchev–Trinajstić information content (AvgIpc) is 3.15. The van der Waals surface area contributed by atoms with Crippen LogP contribution in [0.3, 0.4) is 0 Å². The van der Waals surface area contributed by atoms with Crippen molar-refractivity contribution in [3.63, 3.8) is 0 Å². The topological polar surface area (TPSA) is 105 Å². The molecule has 0 aromatic carbocycles. The summed E-state index contributed by atoms with van der Waals surface area (Å²) in [7, 11) is 0. The number of carbonyl (C=O) groups excluding carboxylic acids is 2. The predicted molar refractivity (Wildman–Crippen MR) is 115 cm³/mol. The van der Waals surface area contributed by atoms with Crippen LogP contribution in [0.1, 0.15) is 45.4 Å². The van der Waals surface area contributed by atoms with Crippen LogP contribution in [0.15, 0.2) is 0 Å². The highest BCUT2D eigenvalue weighted by molar-refractivity contribution is 5.78. The lowest BCUT2D eigenvalue weighted by Gasteiger charge is -2.37. The molecule has 0 aromatic heterocycles. The molecule has 9 heteroatoms. The number of carboxylic acid groups (broad SMARTS) is 1. The summed E-state index contributed by atoms with van der Waals surface area (Å²) in [6.07, 6.45) is 3.72. The lowest BCUT2D eigenvalue weighted by Crippen LogP contribution is -2.51. The molecule has 0 aromatic rings. The van der Waals surface area contributed by atoms with Crippen molar-refractivity contribution in [3.05, 3.63) is 0 Å². The Bertz CT molecular complexity index is 552. The second kappa shape index (κ2) is 13.6. The van der Waals surface area contributed by atoms with Gasteiger partial charge in [-0.3, -0.25) is 24.2 Å². The maximum Gasteiger partial charge on any atom is 0.303 e. The van der Waals surface area contributed by atoms with Gasteiger partial charge in [0.05, 0.1) is 6.54 Å². The first kappa shape index (κ1) is 24.6. The van der Waals surface area contributed by atoms with Gasteiger partial charge in [0.15, 0.2) is 0 Å². The van der Waals surface area contributed by atoms with Crippen LogP contribution in [-0.2, 0) is 14.4 Å². The number of likely N-dealkylation sites (N-methyl/N-ethyl adjacent to an activating group) is 1. The number of likely N-dealkylation sites (tertiary alicyclic amines) is 1. The fourth-order valence-corrected chi connectivity index (χ4v) is 4.17. The fraction of sp³-hybridized carbons (Fsp3) is 0.857. The first-order valence-corrected chi connectivity index (χ1v) is 11.4. The van der Waals surface area contributed by atoms with Crippen LogP contribution in [0.2, 0.25) is 0 Å². The van der Waals surface area contributed by atoms with E-state index in [0.29, 0.717) is 44.9 Å². The van der Waals surface area contributed by atoms with E-state index in [1.165, 1.54) is 0 Å². The second-order valence-electron chi connectivity index (χ2n) is 8.30. The monoisotopic (exact) mass is 436 g/mol. The van der Waals surface area contributed by atoms with Crippen molar-refractivity contribution in [3.8, 4) is 0 Å². The quantitative estimate of drug-likeness (QED) is 0.211. The molecule has 2 aliphatic rings. The third-order valence-corrected chi connectivity index (χ3v) is 6.02. The molecule has 1 unspecified atom stereocenters. The Hall–Kier alpha value is -1.71. The molecule has 2 heterocycles. The number of hydrogen-bond acceptors (Lipinski definition) is 6. The van der Waals surface area contributed by atoms with Crippen molar-refractivity contribution in [2.24, 2.45) is 0 Å². The maximum atomic E-state index is 12.3. The van der Waals surface area contributed by atoms with Crippen molar-refractivity contribution in [2.75, 3.05) is 65.4 Å². The molecule has 3 N–H and O–H groups in total. The molecule has 2 saturated heterocycles. The van der Waals surface area contributed by atoms with E-state index in [1.54, 1.807) is 0 Å². The van der Waals surface area contributed by atoms with E-state index < -0.39 is 5.97 Å². The molecule has 1 atom stereocenters. The van der Waals surface area contributed by atoms with E-state index in [2.05, 4.69) is 32.3 Å². The van der Waals surface area contributed by atoms with Gasteiger partial charge in [0, 0.05) is 64.7 Å². The van der Waals surface area contributed by atoms with E-state index in [1.807, 2.05) is 0 Å². The van der Waals surface area contributed by atoms with Crippen molar-refractivity contribution in [2.45, 2.75) is 51.5 Å². The second-order valence-corrected chi connectivity index (χ2v) is 8.30. The van der Waals surface area contributed by atoms with Gasteiger partial charge in [-0.05, 0) is 38.8 Å². The lowest BCUT2D eigenvalue weighted by atomic mass is 10.4. The van der Waals surface area contributed by atoms with Crippen LogP contribution in [0.4, 0.5) is 0 Å². The molecular formula is C21H39N5O4. The summed E-state index contributed by atoms with van der Waals surface area (Å²) in [6.45, 7) is 11.1. The number of aliphatic carboxylic acids is 1. The summed E-state index contributed by atoms with van der Waals surface area (Å²) in [5.74, 6) is -0.928. The minimum absolute atomic E-state index is 0.0274. The molecule has 2 fully saturated rings. The summed E-state index contributed by atoms with van der Waals surface area (Å²) in [4.78, 5) is 41.7. The fourth-order valence-electron chi connectivity index (χ4n) is 4.17. The molecule has 0 spiro atoms. The van der Waals surface area contributed by atoms with Gasteiger partial charge in [0.2, 0.25) is 11.8 Å². The van der Waals surface area contributed by atoms with Gasteiger partial charge in [-0.25, -0.2) is 0 Å². The predicted octanol–water partition coefficient (Wildman–Crippen LogP) is -0.0343. The highest BCUT2D eigenvalue weighted by Gasteiger charge is 2.28. The Labute approximate surface area is 180 Å². The number of carbonyl (C=O) groups is 3. The molecule has 0 aliphatic carbocycles. The number of amides is 2. The highest BCUT2D eigenvalue weighted by Crippen LogP contribution is 2.18. The third kappa shape index (κ3) is 9.40. The van der Waals surface area contributed by atoms with Crippen LogP contribution in [-0.4, -0.2) is 109 Å². The Morgan fingerprint density at radius 2 is 1.53 bits per heavy atom. The number of piperazine rings is 1. The highest BCUT2D eigenvalue weighted by atomic mass is 16.5. The van der Waals surface area contributed by atoms with Gasteiger partial charge in [-0.1, -0.05) is 6.92 Å². The zero-order chi connectivity index (χ0) is 21.8. The molecule has 0 saturated carbocycles. The summed E-state index contributed by atoms with van der Waals surface area (Å²) >= 11 is 0. The summed E-state index contributed by atoms with van der Waals surface area (Å²) in [5, 5.41) is 14.2. The van der Waals surface area contributed by atoms with Crippen molar-refractivity contribution < 1.29 is 19.5 Å². The molecule has 30 heavy (non-hydrogen) atoms. The molecule has 2 amide bonds.